The summed E-state index contributed by atoms with van der Waals surface area (Å²) in [6.45, 7) is 3.50. The molecule has 1 aromatic heterocycles. The predicted octanol–water partition coefficient (Wildman–Crippen LogP) is 2.34. The maximum absolute atomic E-state index is 5.62. The normalized spacial score (nSPS) is 11.2. The molecule has 0 fully saturated rings. The van der Waals surface area contributed by atoms with E-state index in [0.717, 1.165) is 0 Å². The predicted molar refractivity (Wildman–Crippen MR) is 49.2 cm³/mol. The quantitative estimate of drug-likeness (QED) is 0.687. The molecule has 0 aliphatic heterocycles. The number of hydrogen-bond acceptors (Lipinski definition) is 3. The lowest BCUT2D eigenvalue weighted by molar-refractivity contribution is 0.836. The number of halogens is 3. The molecular formula is C6H4Cl3N3. The molecule has 64 valence electrons. The van der Waals surface area contributed by atoms with Crippen LogP contribution in [0, 0.1) is 0 Å². The maximum atomic E-state index is 5.62. The van der Waals surface area contributed by atoms with Crippen LogP contribution in [0.25, 0.3) is 6.08 Å². The van der Waals surface area contributed by atoms with Crippen molar-refractivity contribution in [1.29, 1.82) is 0 Å². The molecular weight excluding hydrogens is 220 g/mol. The minimum absolute atomic E-state index is 0.373. The van der Waals surface area contributed by atoms with Crippen LogP contribution in [-0.2, 0) is 3.79 Å². The Bertz CT molecular complexity index is 294. The van der Waals surface area contributed by atoms with Crippen LogP contribution in [0.1, 0.15) is 11.3 Å². The van der Waals surface area contributed by atoms with Crippen LogP contribution in [0.5, 0.6) is 0 Å². The first kappa shape index (κ1) is 9.71. The Hall–Kier alpha value is -0.380. The molecule has 1 aromatic rings. The van der Waals surface area contributed by atoms with Crippen LogP contribution < -0.4 is 0 Å². The van der Waals surface area contributed by atoms with Gasteiger partial charge in [-0.05, 0) is 11.3 Å². The van der Waals surface area contributed by atoms with Crippen molar-refractivity contribution in [2.75, 3.05) is 0 Å². The van der Waals surface area contributed by atoms with E-state index < -0.39 is 3.79 Å². The molecule has 12 heavy (non-hydrogen) atoms. The third-order valence-electron chi connectivity index (χ3n) is 1.17. The lowest BCUT2D eigenvalue weighted by Crippen LogP contribution is -2.06. The summed E-state index contributed by atoms with van der Waals surface area (Å²) in [5, 5.41) is 10.5. The lowest BCUT2D eigenvalue weighted by atomic mass is 10.2. The lowest BCUT2D eigenvalue weighted by Gasteiger charge is -2.11. The van der Waals surface area contributed by atoms with E-state index in [0.29, 0.717) is 11.3 Å². The summed E-state index contributed by atoms with van der Waals surface area (Å²) in [6, 6.07) is 0. The van der Waals surface area contributed by atoms with Gasteiger partial charge in [0.2, 0.25) is 3.79 Å². The summed E-state index contributed by atoms with van der Waals surface area (Å²) in [6.07, 6.45) is 2.79. The van der Waals surface area contributed by atoms with Crippen LogP contribution in [0.4, 0.5) is 0 Å². The largest absolute Gasteiger partial charge is 0.219 e. The second-order valence-corrected chi connectivity index (χ2v) is 4.22. The molecule has 0 atom stereocenters. The zero-order chi connectivity index (χ0) is 9.19. The first-order valence-electron chi connectivity index (χ1n) is 2.93. The second-order valence-electron chi connectivity index (χ2n) is 1.93. The molecule has 0 aliphatic rings. The van der Waals surface area contributed by atoms with Crippen molar-refractivity contribution in [2.24, 2.45) is 0 Å². The van der Waals surface area contributed by atoms with E-state index in [1.807, 2.05) is 0 Å². The van der Waals surface area contributed by atoms with Crippen molar-refractivity contribution in [3.8, 4) is 0 Å². The molecule has 6 heteroatoms. The summed E-state index contributed by atoms with van der Waals surface area (Å²) in [5.41, 5.74) is 0.794. The topological polar surface area (TPSA) is 38.7 Å². The second kappa shape index (κ2) is 3.56. The minimum Gasteiger partial charge on any atom is -0.138 e. The molecule has 0 saturated carbocycles. The summed E-state index contributed by atoms with van der Waals surface area (Å²) in [5.74, 6) is 0. The molecule has 0 spiro atoms. The van der Waals surface area contributed by atoms with Gasteiger partial charge in [0.1, 0.15) is 0 Å². The first-order valence-corrected chi connectivity index (χ1v) is 4.07. The molecule has 0 aromatic carbocycles. The van der Waals surface area contributed by atoms with Gasteiger partial charge in [-0.2, -0.15) is 0 Å². The Morgan fingerprint density at radius 3 is 2.50 bits per heavy atom. The fourth-order valence-corrected chi connectivity index (χ4v) is 1.08. The average molecular weight is 224 g/mol. The average Bonchev–Trinajstić information content (AvgIpc) is 2.03. The summed E-state index contributed by atoms with van der Waals surface area (Å²) < 4.78 is -1.54. The molecule has 0 N–H and O–H groups in total. The molecule has 0 saturated heterocycles. The van der Waals surface area contributed by atoms with Gasteiger partial charge < -0.3 is 0 Å². The van der Waals surface area contributed by atoms with Crippen LogP contribution in [-0.4, -0.2) is 15.4 Å². The fourth-order valence-electron chi connectivity index (χ4n) is 0.647. The van der Waals surface area contributed by atoms with E-state index in [4.69, 9.17) is 34.8 Å². The summed E-state index contributed by atoms with van der Waals surface area (Å²) in [7, 11) is 0. The Morgan fingerprint density at radius 2 is 2.08 bits per heavy atom. The van der Waals surface area contributed by atoms with Crippen molar-refractivity contribution in [3.63, 3.8) is 0 Å². The van der Waals surface area contributed by atoms with Gasteiger partial charge in [0.25, 0.3) is 0 Å². The van der Waals surface area contributed by atoms with Gasteiger partial charge in [0, 0.05) is 0 Å². The third kappa shape index (κ3) is 2.06. The van der Waals surface area contributed by atoms with Crippen molar-refractivity contribution in [2.45, 2.75) is 3.79 Å². The zero-order valence-corrected chi connectivity index (χ0v) is 8.11. The zero-order valence-electron chi connectivity index (χ0n) is 5.84. The maximum Gasteiger partial charge on any atom is 0.219 e. The molecule has 0 amide bonds. The molecule has 3 nitrogen and oxygen atoms in total. The van der Waals surface area contributed by atoms with Gasteiger partial charge in [-0.15, -0.1) is 10.2 Å². The van der Waals surface area contributed by atoms with Gasteiger partial charge in [-0.3, -0.25) is 0 Å². The van der Waals surface area contributed by atoms with Crippen LogP contribution in [0.15, 0.2) is 12.8 Å². The monoisotopic (exact) mass is 223 g/mol. The molecule has 1 heterocycles. The first-order chi connectivity index (χ1) is 5.55. The molecule has 0 aliphatic carbocycles. The number of rotatable bonds is 1. The van der Waals surface area contributed by atoms with Gasteiger partial charge in [0.05, 0.1) is 17.5 Å². The Labute approximate surface area is 84.3 Å². The highest BCUT2D eigenvalue weighted by molar-refractivity contribution is 6.66. The van der Waals surface area contributed by atoms with Crippen molar-refractivity contribution in [1.82, 2.24) is 15.4 Å². The number of aromatic nitrogens is 3. The number of alkyl halides is 3. The van der Waals surface area contributed by atoms with Crippen LogP contribution in [0.2, 0.25) is 0 Å². The standard InChI is InChI=1S/C6H4Cl3N3/c1-2-5-4(6(7,8)9)3-10-12-11-5/h2-3H,1H2. The Kier molecular flexibility index (Phi) is 2.88. The molecule has 1 rings (SSSR count). The van der Waals surface area contributed by atoms with E-state index in [-0.39, 0.29) is 0 Å². The van der Waals surface area contributed by atoms with Crippen LogP contribution in [0.3, 0.4) is 0 Å². The smallest absolute Gasteiger partial charge is 0.138 e. The molecule has 0 radical (unpaired) electrons. The summed E-state index contributed by atoms with van der Waals surface area (Å²) in [4.78, 5) is 0. The Balaban J connectivity index is 3.23. The number of hydrogen-bond donors (Lipinski definition) is 0. The molecule has 0 bridgehead atoms. The van der Waals surface area contributed by atoms with E-state index in [1.54, 1.807) is 0 Å². The Morgan fingerprint density at radius 1 is 1.42 bits per heavy atom. The minimum atomic E-state index is -1.54. The van der Waals surface area contributed by atoms with Crippen molar-refractivity contribution < 1.29 is 0 Å². The van der Waals surface area contributed by atoms with E-state index in [9.17, 15) is 0 Å². The van der Waals surface area contributed by atoms with Gasteiger partial charge in [-0.25, -0.2) is 0 Å². The highest BCUT2D eigenvalue weighted by Gasteiger charge is 2.26. The highest BCUT2D eigenvalue weighted by atomic mass is 35.6. The third-order valence-corrected chi connectivity index (χ3v) is 1.78. The van der Waals surface area contributed by atoms with Gasteiger partial charge >= 0.3 is 0 Å². The highest BCUT2D eigenvalue weighted by Crippen LogP contribution is 2.38. The van der Waals surface area contributed by atoms with Crippen molar-refractivity contribution in [3.05, 3.63) is 24.0 Å². The van der Waals surface area contributed by atoms with E-state index in [2.05, 4.69) is 22.0 Å². The fraction of sp³-hybridized carbons (Fsp3) is 0.167. The van der Waals surface area contributed by atoms with Gasteiger partial charge in [0.15, 0.2) is 0 Å². The van der Waals surface area contributed by atoms with Crippen molar-refractivity contribution >= 4 is 40.9 Å². The summed E-state index contributed by atoms with van der Waals surface area (Å²) >= 11 is 16.9. The SMILES string of the molecule is C=Cc1nnncc1C(Cl)(Cl)Cl. The molecule has 0 unspecified atom stereocenters. The van der Waals surface area contributed by atoms with E-state index in [1.165, 1.54) is 12.3 Å². The van der Waals surface area contributed by atoms with Gasteiger partial charge in [-0.1, -0.05) is 41.4 Å². The van der Waals surface area contributed by atoms with E-state index >= 15 is 0 Å². The number of nitrogens with zero attached hydrogens (tertiary/aromatic N) is 3. The van der Waals surface area contributed by atoms with Crippen LogP contribution >= 0.6 is 34.8 Å².